The van der Waals surface area contributed by atoms with Crippen LogP contribution in [-0.4, -0.2) is 24.7 Å². The number of hydrogen-bond donors (Lipinski definition) is 0. The normalized spacial score (nSPS) is 41.9. The molecule has 0 bridgehead atoms. The monoisotopic (exact) mass is 284 g/mol. The average Bonchev–Trinajstić information content (AvgIpc) is 1.79. The summed E-state index contributed by atoms with van der Waals surface area (Å²) in [6, 6.07) is 0. The van der Waals surface area contributed by atoms with Crippen molar-refractivity contribution in [2.75, 3.05) is 5.75 Å². The third kappa shape index (κ3) is 3.73. The molecule has 0 aromatic carbocycles. The summed E-state index contributed by atoms with van der Waals surface area (Å²) in [7, 11) is 0. The summed E-state index contributed by atoms with van der Waals surface area (Å²) in [5.74, 6) is 0.256. The Kier molecular flexibility index (Phi) is 3.82. The van der Waals surface area contributed by atoms with E-state index in [-0.39, 0.29) is 5.75 Å². The minimum absolute atomic E-state index is 0.256. The van der Waals surface area contributed by atoms with Gasteiger partial charge < -0.3 is 0 Å². The van der Waals surface area contributed by atoms with Gasteiger partial charge >= 0.3 is 0 Å². The van der Waals surface area contributed by atoms with Gasteiger partial charge in [-0.25, -0.2) is 4.21 Å². The van der Waals surface area contributed by atoms with Crippen LogP contribution >= 0.6 is 46.4 Å². The van der Waals surface area contributed by atoms with Crippen molar-refractivity contribution in [3.8, 4) is 0 Å². The molecule has 0 aliphatic carbocycles. The molecule has 1 aliphatic rings. The van der Waals surface area contributed by atoms with E-state index >= 15 is 0 Å². The summed E-state index contributed by atoms with van der Waals surface area (Å²) in [6.07, 6.45) is -0.342. The lowest BCUT2D eigenvalue weighted by atomic mass is 10.1. The molecule has 3 unspecified atom stereocenters. The summed E-state index contributed by atoms with van der Waals surface area (Å²) < 4.78 is 14.6. The third-order valence-electron chi connectivity index (χ3n) is 1.62. The Labute approximate surface area is 99.5 Å². The van der Waals surface area contributed by atoms with Crippen LogP contribution in [0.2, 0.25) is 0 Å². The Morgan fingerprint density at radius 2 is 2.08 bits per heavy atom. The van der Waals surface area contributed by atoms with Crippen LogP contribution in [0.4, 0.5) is 0 Å². The van der Waals surface area contributed by atoms with E-state index in [0.29, 0.717) is 6.42 Å². The highest BCUT2D eigenvalue weighted by Gasteiger charge is 2.44. The SMILES string of the molecule is CC1(Cl)CC(C(Cl)(Cl)Cl)OS(=O)C1. The van der Waals surface area contributed by atoms with Crippen molar-refractivity contribution in [1.82, 2.24) is 0 Å². The Morgan fingerprint density at radius 1 is 1.54 bits per heavy atom. The van der Waals surface area contributed by atoms with Gasteiger partial charge in [-0.05, 0) is 13.3 Å². The van der Waals surface area contributed by atoms with Crippen LogP contribution in [0.1, 0.15) is 13.3 Å². The number of alkyl halides is 4. The van der Waals surface area contributed by atoms with E-state index in [2.05, 4.69) is 0 Å². The first-order valence-electron chi connectivity index (χ1n) is 3.52. The van der Waals surface area contributed by atoms with Gasteiger partial charge in [0.2, 0.25) is 3.79 Å². The number of halogens is 4. The van der Waals surface area contributed by atoms with Gasteiger partial charge in [0.1, 0.15) is 6.10 Å². The van der Waals surface area contributed by atoms with Gasteiger partial charge in [0.05, 0.1) is 10.6 Å². The maximum atomic E-state index is 11.2. The van der Waals surface area contributed by atoms with Gasteiger partial charge in [-0.3, -0.25) is 4.18 Å². The van der Waals surface area contributed by atoms with E-state index in [9.17, 15) is 4.21 Å². The molecule has 0 aromatic heterocycles. The Balaban J connectivity index is 2.74. The van der Waals surface area contributed by atoms with Crippen molar-refractivity contribution < 1.29 is 8.39 Å². The first-order chi connectivity index (χ1) is 5.71. The molecule has 1 heterocycles. The second-order valence-electron chi connectivity index (χ2n) is 3.19. The number of rotatable bonds is 0. The lowest BCUT2D eigenvalue weighted by Crippen LogP contribution is -2.44. The van der Waals surface area contributed by atoms with Crippen LogP contribution in [0.25, 0.3) is 0 Å². The van der Waals surface area contributed by atoms with E-state index in [1.54, 1.807) is 6.92 Å². The van der Waals surface area contributed by atoms with E-state index < -0.39 is 25.9 Å². The molecule has 3 atom stereocenters. The van der Waals surface area contributed by atoms with Crippen LogP contribution in [-0.2, 0) is 15.3 Å². The molecule has 0 amide bonds. The van der Waals surface area contributed by atoms with Crippen LogP contribution in [0.15, 0.2) is 0 Å². The van der Waals surface area contributed by atoms with Crippen LogP contribution < -0.4 is 0 Å². The predicted molar refractivity (Wildman–Crippen MR) is 57.0 cm³/mol. The maximum Gasteiger partial charge on any atom is 0.217 e. The minimum atomic E-state index is -1.58. The van der Waals surface area contributed by atoms with Crippen molar-refractivity contribution in [1.29, 1.82) is 0 Å². The highest BCUT2D eigenvalue weighted by Crippen LogP contribution is 2.41. The van der Waals surface area contributed by atoms with E-state index in [4.69, 9.17) is 50.6 Å². The summed E-state index contributed by atoms with van der Waals surface area (Å²) in [6.45, 7) is 1.75. The highest BCUT2D eigenvalue weighted by molar-refractivity contribution is 7.80. The van der Waals surface area contributed by atoms with Crippen molar-refractivity contribution in [2.45, 2.75) is 28.1 Å². The fraction of sp³-hybridized carbons (Fsp3) is 1.00. The van der Waals surface area contributed by atoms with Crippen molar-refractivity contribution >= 4 is 57.5 Å². The van der Waals surface area contributed by atoms with Crippen molar-refractivity contribution in [2.24, 2.45) is 0 Å². The van der Waals surface area contributed by atoms with E-state index in [1.165, 1.54) is 0 Å². The molecular formula is C6H8Cl4O2S. The fourth-order valence-electron chi connectivity index (χ4n) is 1.06. The largest absolute Gasteiger partial charge is 0.283 e. The lowest BCUT2D eigenvalue weighted by molar-refractivity contribution is 0.187. The fourth-order valence-corrected chi connectivity index (χ4v) is 3.14. The molecule has 7 heteroatoms. The number of hydrogen-bond acceptors (Lipinski definition) is 2. The Hall–Kier alpha value is 1.27. The van der Waals surface area contributed by atoms with Gasteiger partial charge in [0.15, 0.2) is 11.1 Å². The standard InChI is InChI=1S/C6H8Cl4O2S/c1-5(7)2-4(6(8,9)10)12-13(11)3-5/h4H,2-3H2,1H3. The first kappa shape index (κ1) is 12.3. The first-order valence-corrected chi connectivity index (χ1v) is 6.27. The highest BCUT2D eigenvalue weighted by atomic mass is 35.6. The molecule has 78 valence electrons. The Bertz CT molecular complexity index is 225. The smallest absolute Gasteiger partial charge is 0.217 e. The summed E-state index contributed by atoms with van der Waals surface area (Å²) in [5, 5.41) is 0. The minimum Gasteiger partial charge on any atom is -0.283 e. The molecule has 0 spiro atoms. The molecule has 1 saturated heterocycles. The summed E-state index contributed by atoms with van der Waals surface area (Å²) >= 11 is 21.4. The topological polar surface area (TPSA) is 26.3 Å². The molecule has 1 fully saturated rings. The zero-order valence-corrected chi connectivity index (χ0v) is 10.6. The van der Waals surface area contributed by atoms with E-state index in [0.717, 1.165) is 0 Å². The predicted octanol–water partition coefficient (Wildman–Crippen LogP) is 2.81. The van der Waals surface area contributed by atoms with Gasteiger partial charge in [0, 0.05) is 0 Å². The molecule has 0 saturated carbocycles. The quantitative estimate of drug-likeness (QED) is 0.640. The Morgan fingerprint density at radius 3 is 2.46 bits per heavy atom. The molecule has 0 N–H and O–H groups in total. The van der Waals surface area contributed by atoms with Crippen LogP contribution in [0, 0.1) is 0 Å². The molecule has 1 rings (SSSR count). The molecule has 0 radical (unpaired) electrons. The molecule has 0 aromatic rings. The van der Waals surface area contributed by atoms with Crippen molar-refractivity contribution in [3.05, 3.63) is 0 Å². The average molecular weight is 286 g/mol. The van der Waals surface area contributed by atoms with Crippen molar-refractivity contribution in [3.63, 3.8) is 0 Å². The van der Waals surface area contributed by atoms with Gasteiger partial charge in [0.25, 0.3) is 0 Å². The molecular weight excluding hydrogens is 278 g/mol. The zero-order chi connectivity index (χ0) is 10.3. The lowest BCUT2D eigenvalue weighted by Gasteiger charge is -2.35. The van der Waals surface area contributed by atoms with Gasteiger partial charge in [-0.15, -0.1) is 11.6 Å². The van der Waals surface area contributed by atoms with Crippen LogP contribution in [0.5, 0.6) is 0 Å². The van der Waals surface area contributed by atoms with E-state index in [1.807, 2.05) is 0 Å². The second kappa shape index (κ2) is 4.03. The summed E-state index contributed by atoms with van der Waals surface area (Å²) in [4.78, 5) is -0.627. The molecule has 1 aliphatic heterocycles. The molecule has 13 heavy (non-hydrogen) atoms. The second-order valence-corrected chi connectivity index (χ2v) is 7.56. The van der Waals surface area contributed by atoms with Gasteiger partial charge in [-0.2, -0.15) is 0 Å². The zero-order valence-electron chi connectivity index (χ0n) is 6.73. The third-order valence-corrected chi connectivity index (χ3v) is 4.11. The van der Waals surface area contributed by atoms with Crippen LogP contribution in [0.3, 0.4) is 0 Å². The molecule has 2 nitrogen and oxygen atoms in total. The van der Waals surface area contributed by atoms with Gasteiger partial charge in [-0.1, -0.05) is 34.8 Å². The maximum absolute atomic E-state index is 11.2. The summed E-state index contributed by atoms with van der Waals surface area (Å²) in [5.41, 5.74) is 0.